The molecule has 4 heteroatoms. The molecule has 0 radical (unpaired) electrons. The van der Waals surface area contributed by atoms with Crippen LogP contribution >= 0.6 is 0 Å². The number of Topliss-reactive ketones (excluding diaryl/α,β-unsaturated/α-hetero) is 1. The highest BCUT2D eigenvalue weighted by atomic mass is 16.5. The second kappa shape index (κ2) is 5.30. The second-order valence-corrected chi connectivity index (χ2v) is 3.37. The molecule has 0 bridgehead atoms. The van der Waals surface area contributed by atoms with Gasteiger partial charge in [-0.3, -0.25) is 9.59 Å². The van der Waals surface area contributed by atoms with Crippen LogP contribution < -0.4 is 10.2 Å². The van der Waals surface area contributed by atoms with Crippen LogP contribution in [-0.4, -0.2) is 18.0 Å². The highest BCUT2D eigenvalue weighted by molar-refractivity contribution is 5.81. The van der Waals surface area contributed by atoms with Gasteiger partial charge in [-0.05, 0) is 6.07 Å². The first-order valence-corrected chi connectivity index (χ1v) is 5.01. The molecule has 0 spiro atoms. The van der Waals surface area contributed by atoms with E-state index in [1.807, 2.05) is 0 Å². The molecule has 0 unspecified atom stereocenters. The molecule has 16 heavy (non-hydrogen) atoms. The fraction of sp³-hybridized carbons (Fsp3) is 0.333. The molecule has 0 aliphatic heterocycles. The van der Waals surface area contributed by atoms with Crippen LogP contribution in [0.3, 0.4) is 0 Å². The third-order valence-corrected chi connectivity index (χ3v) is 2.27. The summed E-state index contributed by atoms with van der Waals surface area (Å²) in [6, 6.07) is 4.34. The largest absolute Gasteiger partial charge is 0.504 e. The molecule has 0 saturated carbocycles. The van der Waals surface area contributed by atoms with Crippen LogP contribution in [0.1, 0.15) is 18.9 Å². The first-order chi connectivity index (χ1) is 7.60. The van der Waals surface area contributed by atoms with Gasteiger partial charge >= 0.3 is 0 Å². The molecule has 0 saturated heterocycles. The number of hydrogen-bond donors (Lipinski definition) is 1. The highest BCUT2D eigenvalue weighted by Gasteiger charge is 2.11. The summed E-state index contributed by atoms with van der Waals surface area (Å²) in [4.78, 5) is 22.7. The van der Waals surface area contributed by atoms with Gasteiger partial charge in [0.05, 0.1) is 7.11 Å². The third-order valence-electron chi connectivity index (χ3n) is 2.27. The molecular formula is C12H14O4. The Morgan fingerprint density at radius 3 is 2.69 bits per heavy atom. The Labute approximate surface area is 93.5 Å². The van der Waals surface area contributed by atoms with Gasteiger partial charge < -0.3 is 9.84 Å². The van der Waals surface area contributed by atoms with Crippen molar-refractivity contribution < 1.29 is 14.6 Å². The van der Waals surface area contributed by atoms with Gasteiger partial charge in [0.2, 0.25) is 11.2 Å². The first-order valence-electron chi connectivity index (χ1n) is 5.01. The van der Waals surface area contributed by atoms with E-state index < -0.39 is 5.43 Å². The van der Waals surface area contributed by atoms with Gasteiger partial charge in [-0.15, -0.1) is 0 Å². The predicted molar refractivity (Wildman–Crippen MR) is 59.9 cm³/mol. The molecule has 0 aliphatic rings. The lowest BCUT2D eigenvalue weighted by molar-refractivity contribution is -0.118. The summed E-state index contributed by atoms with van der Waals surface area (Å²) in [6.07, 6.45) is 0.497. The molecule has 86 valence electrons. The van der Waals surface area contributed by atoms with E-state index in [1.165, 1.54) is 19.2 Å². The summed E-state index contributed by atoms with van der Waals surface area (Å²) in [5.41, 5.74) is 0.000924. The van der Waals surface area contributed by atoms with Crippen molar-refractivity contribution in [3.8, 4) is 11.5 Å². The zero-order chi connectivity index (χ0) is 12.1. The Morgan fingerprint density at radius 2 is 2.12 bits per heavy atom. The van der Waals surface area contributed by atoms with Gasteiger partial charge in [0.1, 0.15) is 5.78 Å². The van der Waals surface area contributed by atoms with Gasteiger partial charge in [-0.1, -0.05) is 19.1 Å². The summed E-state index contributed by atoms with van der Waals surface area (Å²) in [6.45, 7) is 1.75. The fourth-order valence-corrected chi connectivity index (χ4v) is 1.35. The smallest absolute Gasteiger partial charge is 0.224 e. The molecule has 0 aromatic heterocycles. The topological polar surface area (TPSA) is 63.6 Å². The Kier molecular flexibility index (Phi) is 4.05. The van der Waals surface area contributed by atoms with Crippen molar-refractivity contribution in [2.45, 2.75) is 19.8 Å². The summed E-state index contributed by atoms with van der Waals surface area (Å²) < 4.78 is 4.82. The summed E-state index contributed by atoms with van der Waals surface area (Å²) in [5, 5.41) is 9.80. The standard InChI is InChI=1S/C12H14O4/c1-3-9(13)7-8-5-4-6-10(14)12(16-2)11(8)15/h4-6,15H,3,7H2,1-2H3. The van der Waals surface area contributed by atoms with Gasteiger partial charge in [0.25, 0.3) is 0 Å². The van der Waals surface area contributed by atoms with Crippen LogP contribution in [0.15, 0.2) is 23.0 Å². The van der Waals surface area contributed by atoms with E-state index in [4.69, 9.17) is 4.74 Å². The summed E-state index contributed by atoms with van der Waals surface area (Å²) >= 11 is 0. The Morgan fingerprint density at radius 1 is 1.44 bits per heavy atom. The zero-order valence-electron chi connectivity index (χ0n) is 9.32. The molecule has 4 nitrogen and oxygen atoms in total. The molecule has 0 aliphatic carbocycles. The summed E-state index contributed by atoms with van der Waals surface area (Å²) in [5.74, 6) is -0.376. The average Bonchev–Trinajstić information content (AvgIpc) is 2.39. The first kappa shape index (κ1) is 12.2. The fourth-order valence-electron chi connectivity index (χ4n) is 1.35. The molecule has 1 aromatic rings. The number of rotatable bonds is 4. The zero-order valence-corrected chi connectivity index (χ0v) is 9.32. The maximum Gasteiger partial charge on any atom is 0.224 e. The predicted octanol–water partition coefficient (Wildman–Crippen LogP) is 1.28. The van der Waals surface area contributed by atoms with Crippen molar-refractivity contribution in [1.82, 2.24) is 0 Å². The van der Waals surface area contributed by atoms with Crippen molar-refractivity contribution in [3.05, 3.63) is 34.0 Å². The van der Waals surface area contributed by atoms with Crippen LogP contribution in [0.25, 0.3) is 0 Å². The van der Waals surface area contributed by atoms with E-state index in [0.717, 1.165) is 0 Å². The van der Waals surface area contributed by atoms with Gasteiger partial charge in [-0.25, -0.2) is 0 Å². The lowest BCUT2D eigenvalue weighted by Gasteiger charge is -2.02. The number of carbonyl (C=O) groups is 1. The minimum Gasteiger partial charge on any atom is -0.504 e. The van der Waals surface area contributed by atoms with Crippen molar-refractivity contribution in [2.75, 3.05) is 7.11 Å². The van der Waals surface area contributed by atoms with Crippen LogP contribution in [-0.2, 0) is 11.2 Å². The number of aromatic hydroxyl groups is 1. The lowest BCUT2D eigenvalue weighted by atomic mass is 10.1. The number of hydrogen-bond acceptors (Lipinski definition) is 4. The van der Waals surface area contributed by atoms with Crippen molar-refractivity contribution >= 4 is 5.78 Å². The van der Waals surface area contributed by atoms with Crippen LogP contribution in [0.2, 0.25) is 0 Å². The molecule has 0 fully saturated rings. The van der Waals surface area contributed by atoms with Crippen molar-refractivity contribution in [3.63, 3.8) is 0 Å². The van der Waals surface area contributed by atoms with Gasteiger partial charge in [0, 0.05) is 18.4 Å². The maximum absolute atomic E-state index is 11.4. The van der Waals surface area contributed by atoms with Crippen LogP contribution in [0, 0.1) is 0 Å². The van der Waals surface area contributed by atoms with E-state index in [1.54, 1.807) is 13.0 Å². The molecule has 1 aromatic carbocycles. The van der Waals surface area contributed by atoms with Crippen LogP contribution in [0.4, 0.5) is 0 Å². The molecule has 0 amide bonds. The van der Waals surface area contributed by atoms with Crippen molar-refractivity contribution in [2.24, 2.45) is 0 Å². The van der Waals surface area contributed by atoms with Gasteiger partial charge in [0.15, 0.2) is 5.75 Å². The number of ketones is 1. The third kappa shape index (κ3) is 2.59. The quantitative estimate of drug-likeness (QED) is 0.833. The highest BCUT2D eigenvalue weighted by Crippen LogP contribution is 2.25. The molecule has 1 rings (SSSR count). The normalized spacial score (nSPS) is 9.88. The average molecular weight is 222 g/mol. The minimum absolute atomic E-state index is 0.00370. The van der Waals surface area contributed by atoms with Gasteiger partial charge in [-0.2, -0.15) is 0 Å². The van der Waals surface area contributed by atoms with Crippen molar-refractivity contribution in [1.29, 1.82) is 0 Å². The van der Waals surface area contributed by atoms with E-state index in [-0.39, 0.29) is 23.7 Å². The molecular weight excluding hydrogens is 208 g/mol. The van der Waals surface area contributed by atoms with E-state index in [9.17, 15) is 14.7 Å². The number of carbonyl (C=O) groups excluding carboxylic acids is 1. The van der Waals surface area contributed by atoms with E-state index in [2.05, 4.69) is 0 Å². The van der Waals surface area contributed by atoms with E-state index >= 15 is 0 Å². The van der Waals surface area contributed by atoms with Crippen LogP contribution in [0.5, 0.6) is 11.5 Å². The molecule has 0 heterocycles. The molecule has 0 atom stereocenters. The minimum atomic E-state index is -0.407. The number of methoxy groups -OCH3 is 1. The second-order valence-electron chi connectivity index (χ2n) is 3.37. The Balaban J connectivity index is 3.27. The number of ether oxygens (including phenoxy) is 1. The van der Waals surface area contributed by atoms with E-state index in [0.29, 0.717) is 12.0 Å². The lowest BCUT2D eigenvalue weighted by Crippen LogP contribution is -2.03. The summed E-state index contributed by atoms with van der Waals surface area (Å²) in [7, 11) is 1.31. The Bertz CT molecular complexity index is 451. The maximum atomic E-state index is 11.4. The Hall–Kier alpha value is -1.84. The molecule has 1 N–H and O–H groups in total. The monoisotopic (exact) mass is 222 g/mol. The SMILES string of the molecule is CCC(=O)Cc1cccc(=O)c(OC)c1O.